The van der Waals surface area contributed by atoms with E-state index in [9.17, 15) is 4.79 Å². The Kier molecular flexibility index (Phi) is 8.01. The number of amides is 1. The van der Waals surface area contributed by atoms with E-state index in [0.29, 0.717) is 6.54 Å². The number of benzene rings is 2. The second kappa shape index (κ2) is 11.1. The molecule has 2 aliphatic heterocycles. The molecule has 1 N–H and O–H groups in total. The van der Waals surface area contributed by atoms with Crippen LogP contribution in [0.4, 0.5) is 0 Å². The highest BCUT2D eigenvalue weighted by Crippen LogP contribution is 2.21. The van der Waals surface area contributed by atoms with Gasteiger partial charge in [0.15, 0.2) is 0 Å². The molecule has 0 atom stereocenters. The number of hydrogen-bond donors (Lipinski definition) is 1. The van der Waals surface area contributed by atoms with Crippen molar-refractivity contribution >= 4 is 17.5 Å². The lowest BCUT2D eigenvalue weighted by molar-refractivity contribution is -0.126. The molecule has 2 heterocycles. The van der Waals surface area contributed by atoms with E-state index in [4.69, 9.17) is 11.6 Å². The number of likely N-dealkylation sites (tertiary alicyclic amines) is 2. The van der Waals surface area contributed by atoms with Crippen LogP contribution in [0.1, 0.15) is 48.8 Å². The van der Waals surface area contributed by atoms with E-state index in [1.54, 1.807) is 0 Å². The molecule has 0 radical (unpaired) electrons. The summed E-state index contributed by atoms with van der Waals surface area (Å²) in [6.07, 6.45) is 5.79. The first-order valence-electron chi connectivity index (χ1n) is 11.7. The van der Waals surface area contributed by atoms with Crippen molar-refractivity contribution in [2.75, 3.05) is 26.2 Å². The fourth-order valence-corrected chi connectivity index (χ4v) is 5.03. The fraction of sp³-hybridized carbons (Fsp3) is 0.500. The van der Waals surface area contributed by atoms with Crippen LogP contribution < -0.4 is 5.32 Å². The Morgan fingerprint density at radius 2 is 1.58 bits per heavy atom. The summed E-state index contributed by atoms with van der Waals surface area (Å²) in [5.74, 6) is 0.319. The van der Waals surface area contributed by atoms with Crippen LogP contribution in [0.2, 0.25) is 5.02 Å². The van der Waals surface area contributed by atoms with E-state index in [1.807, 2.05) is 18.2 Å². The maximum atomic E-state index is 12.8. The molecule has 166 valence electrons. The molecule has 4 nitrogen and oxygen atoms in total. The molecule has 2 saturated heterocycles. The average Bonchev–Trinajstić information content (AvgIpc) is 2.79. The topological polar surface area (TPSA) is 35.6 Å². The maximum absolute atomic E-state index is 12.8. The van der Waals surface area contributed by atoms with Crippen molar-refractivity contribution in [1.82, 2.24) is 15.1 Å². The van der Waals surface area contributed by atoms with Gasteiger partial charge in [-0.15, -0.1) is 0 Å². The molecule has 0 bridgehead atoms. The minimum absolute atomic E-state index is 0.116. The van der Waals surface area contributed by atoms with Gasteiger partial charge in [-0.3, -0.25) is 14.6 Å². The highest BCUT2D eigenvalue weighted by Gasteiger charge is 2.25. The number of nitrogens with zero attached hydrogens (tertiary/aromatic N) is 2. The lowest BCUT2D eigenvalue weighted by atomic mass is 9.95. The molecule has 2 fully saturated rings. The van der Waals surface area contributed by atoms with Crippen molar-refractivity contribution in [2.45, 2.75) is 51.7 Å². The number of hydrogen-bond acceptors (Lipinski definition) is 3. The van der Waals surface area contributed by atoms with Gasteiger partial charge in [0.2, 0.25) is 5.91 Å². The van der Waals surface area contributed by atoms with Gasteiger partial charge in [-0.2, -0.15) is 0 Å². The molecule has 4 rings (SSSR count). The number of carbonyl (C=O) groups is 1. The minimum atomic E-state index is 0.116. The van der Waals surface area contributed by atoms with E-state index in [1.165, 1.54) is 49.0 Å². The number of piperidine rings is 2. The molecule has 5 heteroatoms. The van der Waals surface area contributed by atoms with Gasteiger partial charge in [-0.05, 0) is 80.7 Å². The third-order valence-corrected chi connectivity index (χ3v) is 6.90. The van der Waals surface area contributed by atoms with Gasteiger partial charge >= 0.3 is 0 Å². The Hall–Kier alpha value is -1.88. The third kappa shape index (κ3) is 6.55. The predicted octanol–water partition coefficient (Wildman–Crippen LogP) is 4.85. The monoisotopic (exact) mass is 439 g/mol. The van der Waals surface area contributed by atoms with Crippen molar-refractivity contribution in [3.63, 3.8) is 0 Å². The zero-order chi connectivity index (χ0) is 21.5. The van der Waals surface area contributed by atoms with Crippen LogP contribution in [0.5, 0.6) is 0 Å². The second-order valence-electron chi connectivity index (χ2n) is 9.00. The Morgan fingerprint density at radius 3 is 2.32 bits per heavy atom. The molecule has 2 aromatic carbocycles. The van der Waals surface area contributed by atoms with E-state index in [2.05, 4.69) is 45.4 Å². The van der Waals surface area contributed by atoms with E-state index in [-0.39, 0.29) is 11.8 Å². The van der Waals surface area contributed by atoms with Crippen LogP contribution in [-0.4, -0.2) is 41.9 Å². The van der Waals surface area contributed by atoms with Crippen molar-refractivity contribution < 1.29 is 4.79 Å². The van der Waals surface area contributed by atoms with Gasteiger partial charge in [0.05, 0.1) is 0 Å². The Morgan fingerprint density at radius 1 is 0.871 bits per heavy atom. The number of rotatable bonds is 7. The molecule has 0 unspecified atom stereocenters. The van der Waals surface area contributed by atoms with Crippen molar-refractivity contribution in [3.05, 3.63) is 70.2 Å². The highest BCUT2D eigenvalue weighted by atomic mass is 35.5. The summed E-state index contributed by atoms with van der Waals surface area (Å²) in [5.41, 5.74) is 3.83. The normalized spacial score (nSPS) is 18.7. The molecule has 2 aliphatic rings. The summed E-state index contributed by atoms with van der Waals surface area (Å²) in [6, 6.07) is 16.6. The molecule has 0 aromatic heterocycles. The number of carbonyl (C=O) groups excluding carboxylic acids is 1. The molecular weight excluding hydrogens is 406 g/mol. The van der Waals surface area contributed by atoms with Crippen LogP contribution in [0, 0.1) is 5.92 Å². The maximum Gasteiger partial charge on any atom is 0.223 e. The summed E-state index contributed by atoms with van der Waals surface area (Å²) in [4.78, 5) is 17.8. The van der Waals surface area contributed by atoms with Crippen LogP contribution in [0.15, 0.2) is 48.5 Å². The van der Waals surface area contributed by atoms with Gasteiger partial charge in [0.25, 0.3) is 0 Å². The molecule has 31 heavy (non-hydrogen) atoms. The smallest absolute Gasteiger partial charge is 0.223 e. The zero-order valence-electron chi connectivity index (χ0n) is 18.4. The van der Waals surface area contributed by atoms with Gasteiger partial charge < -0.3 is 5.32 Å². The van der Waals surface area contributed by atoms with Crippen LogP contribution in [0.3, 0.4) is 0 Å². The Labute approximate surface area is 191 Å². The third-order valence-electron chi connectivity index (χ3n) is 6.67. The van der Waals surface area contributed by atoms with E-state index >= 15 is 0 Å². The first-order valence-corrected chi connectivity index (χ1v) is 12.1. The first kappa shape index (κ1) is 22.3. The van der Waals surface area contributed by atoms with Crippen LogP contribution in [0.25, 0.3) is 0 Å². The largest absolute Gasteiger partial charge is 0.352 e. The molecule has 1 amide bonds. The SMILES string of the molecule is O=C(NCc1ccccc1CN1CCCCC1)C1CCN(Cc2cccc(Cl)c2)CC1. The predicted molar refractivity (Wildman–Crippen MR) is 127 cm³/mol. The number of halogens is 1. The van der Waals surface area contributed by atoms with Crippen molar-refractivity contribution in [1.29, 1.82) is 0 Å². The van der Waals surface area contributed by atoms with E-state index < -0.39 is 0 Å². The number of nitrogens with one attached hydrogen (secondary N) is 1. The average molecular weight is 440 g/mol. The summed E-state index contributed by atoms with van der Waals surface area (Å²) >= 11 is 6.10. The van der Waals surface area contributed by atoms with E-state index in [0.717, 1.165) is 44.0 Å². The highest BCUT2D eigenvalue weighted by molar-refractivity contribution is 6.30. The van der Waals surface area contributed by atoms with Crippen LogP contribution >= 0.6 is 11.6 Å². The molecular formula is C26H34ClN3O. The lowest BCUT2D eigenvalue weighted by Gasteiger charge is -2.31. The quantitative estimate of drug-likeness (QED) is 0.669. The first-order chi connectivity index (χ1) is 15.2. The fourth-order valence-electron chi connectivity index (χ4n) is 4.82. The standard InChI is InChI=1S/C26H34ClN3O/c27-25-10-6-7-21(17-25)19-30-15-11-22(12-16-30)26(31)28-18-23-8-2-3-9-24(23)20-29-13-4-1-5-14-29/h2-3,6-10,17,22H,1,4-5,11-16,18-20H2,(H,28,31). The summed E-state index contributed by atoms with van der Waals surface area (Å²) in [5, 5.41) is 4.01. The summed E-state index contributed by atoms with van der Waals surface area (Å²) in [6.45, 7) is 6.81. The summed E-state index contributed by atoms with van der Waals surface area (Å²) < 4.78 is 0. The lowest BCUT2D eigenvalue weighted by Crippen LogP contribution is -2.40. The van der Waals surface area contributed by atoms with Crippen LogP contribution in [-0.2, 0) is 24.4 Å². The van der Waals surface area contributed by atoms with Gasteiger partial charge in [0.1, 0.15) is 0 Å². The molecule has 0 saturated carbocycles. The summed E-state index contributed by atoms with van der Waals surface area (Å²) in [7, 11) is 0. The van der Waals surface area contributed by atoms with Gasteiger partial charge in [-0.25, -0.2) is 0 Å². The molecule has 2 aromatic rings. The Bertz CT molecular complexity index is 857. The van der Waals surface area contributed by atoms with Crippen molar-refractivity contribution in [3.8, 4) is 0 Å². The zero-order valence-corrected chi connectivity index (χ0v) is 19.1. The van der Waals surface area contributed by atoms with Gasteiger partial charge in [-0.1, -0.05) is 54.4 Å². The minimum Gasteiger partial charge on any atom is -0.352 e. The molecule has 0 spiro atoms. The Balaban J connectivity index is 1.24. The van der Waals surface area contributed by atoms with Gasteiger partial charge in [0, 0.05) is 30.6 Å². The second-order valence-corrected chi connectivity index (χ2v) is 9.44. The molecule has 0 aliphatic carbocycles. The van der Waals surface area contributed by atoms with Crippen molar-refractivity contribution in [2.24, 2.45) is 5.92 Å².